The van der Waals surface area contributed by atoms with E-state index in [1.54, 1.807) is 0 Å². The molecule has 4 heteroatoms. The first-order chi connectivity index (χ1) is 8.66. The summed E-state index contributed by atoms with van der Waals surface area (Å²) in [6.07, 6.45) is 1.28. The van der Waals surface area contributed by atoms with Crippen LogP contribution < -0.4 is 0 Å². The largest absolute Gasteiger partial charge is 0.294 e. The van der Waals surface area contributed by atoms with E-state index in [9.17, 15) is 4.79 Å². The number of benzene rings is 1. The maximum absolute atomic E-state index is 12.2. The Morgan fingerprint density at radius 1 is 1.33 bits per heavy atom. The number of Topliss-reactive ketones (excluding diaryl/α,β-unsaturated/α-hetero) is 1. The third-order valence-corrected chi connectivity index (χ3v) is 3.86. The minimum atomic E-state index is 0.140. The molecular weight excluding hydrogens is 248 g/mol. The average Bonchev–Trinajstić information content (AvgIpc) is 2.72. The van der Waals surface area contributed by atoms with E-state index in [0.717, 1.165) is 34.0 Å². The third-order valence-electron chi connectivity index (χ3n) is 3.52. The van der Waals surface area contributed by atoms with Gasteiger partial charge in [0.25, 0.3) is 0 Å². The highest BCUT2D eigenvalue weighted by molar-refractivity contribution is 6.31. The molecule has 0 aliphatic heterocycles. The zero-order valence-corrected chi connectivity index (χ0v) is 10.8. The molecule has 1 aliphatic rings. The summed E-state index contributed by atoms with van der Waals surface area (Å²) >= 11 is 6.20. The Balaban J connectivity index is 2.00. The lowest BCUT2D eigenvalue weighted by molar-refractivity contribution is 0.0963. The van der Waals surface area contributed by atoms with Gasteiger partial charge in [0.1, 0.15) is 0 Å². The Morgan fingerprint density at radius 3 is 2.89 bits per heavy atom. The van der Waals surface area contributed by atoms with E-state index < -0.39 is 0 Å². The number of carbonyl (C=O) groups is 1. The van der Waals surface area contributed by atoms with Crippen LogP contribution in [0.5, 0.6) is 0 Å². The number of hydrogen-bond acceptors (Lipinski definition) is 2. The van der Waals surface area contributed by atoms with Crippen molar-refractivity contribution in [3.05, 3.63) is 51.8 Å². The molecule has 2 aromatic rings. The lowest BCUT2D eigenvalue weighted by Gasteiger charge is -2.21. The maximum Gasteiger partial charge on any atom is 0.167 e. The van der Waals surface area contributed by atoms with Crippen LogP contribution in [0.2, 0.25) is 5.02 Å². The lowest BCUT2D eigenvalue weighted by atomic mass is 9.82. The van der Waals surface area contributed by atoms with Gasteiger partial charge in [0.15, 0.2) is 5.78 Å². The van der Waals surface area contributed by atoms with Crippen molar-refractivity contribution >= 4 is 17.4 Å². The van der Waals surface area contributed by atoms with Crippen molar-refractivity contribution in [1.82, 2.24) is 10.2 Å². The molecule has 0 radical (unpaired) electrons. The van der Waals surface area contributed by atoms with Crippen molar-refractivity contribution in [2.45, 2.75) is 25.7 Å². The molecule has 1 N–H and O–H groups in total. The number of aromatic amines is 1. The van der Waals surface area contributed by atoms with Gasteiger partial charge in [0, 0.05) is 17.1 Å². The molecule has 18 heavy (non-hydrogen) atoms. The summed E-state index contributed by atoms with van der Waals surface area (Å²) in [4.78, 5) is 12.2. The molecule has 0 saturated carbocycles. The number of aryl methyl sites for hydroxylation is 1. The number of hydrogen-bond donors (Lipinski definition) is 1. The van der Waals surface area contributed by atoms with Crippen molar-refractivity contribution in [2.24, 2.45) is 0 Å². The molecule has 0 unspecified atom stereocenters. The van der Waals surface area contributed by atoms with Gasteiger partial charge < -0.3 is 0 Å². The second-order valence-electron chi connectivity index (χ2n) is 4.72. The van der Waals surface area contributed by atoms with Crippen LogP contribution in [0.4, 0.5) is 0 Å². The smallest absolute Gasteiger partial charge is 0.167 e. The molecule has 1 aromatic heterocycles. The monoisotopic (exact) mass is 260 g/mol. The number of nitrogens with one attached hydrogen (secondary N) is 1. The fourth-order valence-electron chi connectivity index (χ4n) is 2.65. The van der Waals surface area contributed by atoms with E-state index in [1.807, 2.05) is 31.2 Å². The molecule has 0 amide bonds. The molecule has 0 bridgehead atoms. The standard InChI is InChI=1S/C14H13ClN2O/c1-8-14-12(17-16-8)6-9(7-13(14)18)10-4-2-3-5-11(10)15/h2-5,9H,6-7H2,1H3,(H,16,17)/t9-/m1/s1. The molecule has 0 fully saturated rings. The summed E-state index contributed by atoms with van der Waals surface area (Å²) < 4.78 is 0. The van der Waals surface area contributed by atoms with Gasteiger partial charge in [-0.3, -0.25) is 9.89 Å². The van der Waals surface area contributed by atoms with Crippen molar-refractivity contribution in [1.29, 1.82) is 0 Å². The second-order valence-corrected chi connectivity index (χ2v) is 5.13. The van der Waals surface area contributed by atoms with Crippen LogP contribution in [0.15, 0.2) is 24.3 Å². The van der Waals surface area contributed by atoms with Crippen molar-refractivity contribution in [2.75, 3.05) is 0 Å². The molecular formula is C14H13ClN2O. The van der Waals surface area contributed by atoms with Crippen molar-refractivity contribution in [3.63, 3.8) is 0 Å². The minimum Gasteiger partial charge on any atom is -0.294 e. The number of carbonyl (C=O) groups excluding carboxylic acids is 1. The highest BCUT2D eigenvalue weighted by Gasteiger charge is 2.30. The Morgan fingerprint density at radius 2 is 2.11 bits per heavy atom. The fraction of sp³-hybridized carbons (Fsp3) is 0.286. The summed E-state index contributed by atoms with van der Waals surface area (Å²) in [5.74, 6) is 0.300. The molecule has 1 heterocycles. The molecule has 92 valence electrons. The number of ketones is 1. The average molecular weight is 261 g/mol. The predicted octanol–water partition coefficient (Wildman–Crippen LogP) is 3.28. The number of aromatic nitrogens is 2. The number of fused-ring (bicyclic) bond motifs is 1. The number of H-pyrrole nitrogens is 1. The van der Waals surface area contributed by atoms with Crippen LogP contribution in [0, 0.1) is 6.92 Å². The van der Waals surface area contributed by atoms with Gasteiger partial charge in [-0.15, -0.1) is 0 Å². The first kappa shape index (κ1) is 11.5. The first-order valence-corrected chi connectivity index (χ1v) is 6.36. The van der Waals surface area contributed by atoms with Gasteiger partial charge in [-0.2, -0.15) is 5.10 Å². The summed E-state index contributed by atoms with van der Waals surface area (Å²) in [5, 5.41) is 7.84. The van der Waals surface area contributed by atoms with Gasteiger partial charge >= 0.3 is 0 Å². The highest BCUT2D eigenvalue weighted by atomic mass is 35.5. The molecule has 3 nitrogen and oxygen atoms in total. The van der Waals surface area contributed by atoms with E-state index in [2.05, 4.69) is 10.2 Å². The zero-order valence-electron chi connectivity index (χ0n) is 10.0. The van der Waals surface area contributed by atoms with Crippen molar-refractivity contribution in [3.8, 4) is 0 Å². The lowest BCUT2D eigenvalue weighted by Crippen LogP contribution is -2.18. The normalized spacial score (nSPS) is 18.8. The Labute approximate surface area is 110 Å². The van der Waals surface area contributed by atoms with E-state index in [1.165, 1.54) is 0 Å². The van der Waals surface area contributed by atoms with Crippen molar-refractivity contribution < 1.29 is 4.79 Å². The molecule has 1 aromatic carbocycles. The summed E-state index contributed by atoms with van der Waals surface area (Å²) in [5.41, 5.74) is 3.55. The minimum absolute atomic E-state index is 0.140. The van der Waals surface area contributed by atoms with Gasteiger partial charge in [-0.05, 0) is 30.9 Å². The Bertz CT molecular complexity index is 618. The van der Waals surface area contributed by atoms with Crippen LogP contribution in [0.3, 0.4) is 0 Å². The van der Waals surface area contributed by atoms with Gasteiger partial charge in [0.05, 0.1) is 11.3 Å². The summed E-state index contributed by atoms with van der Waals surface area (Å²) in [6.45, 7) is 1.89. The van der Waals surface area contributed by atoms with Crippen LogP contribution in [0.1, 0.15) is 39.6 Å². The second kappa shape index (κ2) is 4.25. The summed E-state index contributed by atoms with van der Waals surface area (Å²) in [7, 11) is 0. The summed E-state index contributed by atoms with van der Waals surface area (Å²) in [6, 6.07) is 7.72. The van der Waals surface area contributed by atoms with E-state index in [4.69, 9.17) is 11.6 Å². The quantitative estimate of drug-likeness (QED) is 0.855. The number of nitrogens with zero attached hydrogens (tertiary/aromatic N) is 1. The van der Waals surface area contributed by atoms with E-state index in [0.29, 0.717) is 6.42 Å². The Hall–Kier alpha value is -1.61. The fourth-order valence-corrected chi connectivity index (χ4v) is 2.94. The van der Waals surface area contributed by atoms with Crippen LogP contribution in [-0.4, -0.2) is 16.0 Å². The molecule has 1 aliphatic carbocycles. The zero-order chi connectivity index (χ0) is 12.7. The van der Waals surface area contributed by atoms with Gasteiger partial charge in [0.2, 0.25) is 0 Å². The first-order valence-electron chi connectivity index (χ1n) is 5.98. The predicted molar refractivity (Wildman–Crippen MR) is 70.2 cm³/mol. The third kappa shape index (κ3) is 1.75. The highest BCUT2D eigenvalue weighted by Crippen LogP contribution is 2.35. The van der Waals surface area contributed by atoms with Crippen LogP contribution in [0.25, 0.3) is 0 Å². The number of halogens is 1. The molecule has 0 saturated heterocycles. The topological polar surface area (TPSA) is 45.8 Å². The molecule has 3 rings (SSSR count). The molecule has 1 atom stereocenters. The van der Waals surface area contributed by atoms with E-state index >= 15 is 0 Å². The SMILES string of the molecule is Cc1[nH]nc2c1C(=O)C[C@H](c1ccccc1Cl)C2. The van der Waals surface area contributed by atoms with E-state index in [-0.39, 0.29) is 11.7 Å². The number of rotatable bonds is 1. The Kier molecular flexibility index (Phi) is 2.71. The van der Waals surface area contributed by atoms with Gasteiger partial charge in [-0.25, -0.2) is 0 Å². The van der Waals surface area contributed by atoms with Crippen LogP contribution >= 0.6 is 11.6 Å². The maximum atomic E-state index is 12.2. The van der Waals surface area contributed by atoms with Crippen LogP contribution in [-0.2, 0) is 6.42 Å². The molecule has 0 spiro atoms. The van der Waals surface area contributed by atoms with Gasteiger partial charge in [-0.1, -0.05) is 29.8 Å².